The molecule has 0 unspecified atom stereocenters. The first kappa shape index (κ1) is 21.1. The van der Waals surface area contributed by atoms with Gasteiger partial charge < -0.3 is 15.5 Å². The third-order valence-electron chi connectivity index (χ3n) is 5.09. The summed E-state index contributed by atoms with van der Waals surface area (Å²) in [7, 11) is -3.79. The Kier molecular flexibility index (Phi) is 6.44. The molecule has 156 valence electrons. The van der Waals surface area contributed by atoms with Crippen LogP contribution in [0.2, 0.25) is 0 Å². The topological polar surface area (TPSA) is 90.5 Å². The number of sulfonamides is 1. The first-order valence-electron chi connectivity index (χ1n) is 9.80. The minimum Gasteiger partial charge on any atom is -0.367 e. The van der Waals surface area contributed by atoms with Crippen molar-refractivity contribution < 1.29 is 13.2 Å². The molecule has 2 aromatic rings. The van der Waals surface area contributed by atoms with Crippen LogP contribution in [0.25, 0.3) is 0 Å². The number of piperazine rings is 1. The van der Waals surface area contributed by atoms with Gasteiger partial charge in [-0.1, -0.05) is 6.07 Å². The standard InChI is InChI=1S/C21H28N4O3S/c1-4-23-21(26)17-6-8-20(25-11-9-22-10-12-25)19(14-17)24-29(27,28)18-7-5-15(2)16(3)13-18/h5-8,13-14,22,24H,4,9-12H2,1-3H3,(H,23,26). The molecule has 0 saturated carbocycles. The Balaban J connectivity index is 2.00. The zero-order valence-corrected chi connectivity index (χ0v) is 17.9. The molecule has 0 aliphatic carbocycles. The van der Waals surface area contributed by atoms with E-state index in [2.05, 4.69) is 20.3 Å². The van der Waals surface area contributed by atoms with E-state index in [1.54, 1.807) is 30.3 Å². The van der Waals surface area contributed by atoms with Crippen LogP contribution in [0.3, 0.4) is 0 Å². The average molecular weight is 417 g/mol. The molecular weight excluding hydrogens is 388 g/mol. The lowest BCUT2D eigenvalue weighted by molar-refractivity contribution is 0.0956. The maximum Gasteiger partial charge on any atom is 0.261 e. The quantitative estimate of drug-likeness (QED) is 0.672. The molecule has 1 heterocycles. The highest BCUT2D eigenvalue weighted by molar-refractivity contribution is 7.92. The van der Waals surface area contributed by atoms with Gasteiger partial charge in [0.05, 0.1) is 16.3 Å². The maximum absolute atomic E-state index is 13.1. The van der Waals surface area contributed by atoms with E-state index in [-0.39, 0.29) is 10.8 Å². The molecule has 1 fully saturated rings. The highest BCUT2D eigenvalue weighted by atomic mass is 32.2. The molecule has 1 saturated heterocycles. The molecular formula is C21H28N4O3S. The number of amides is 1. The molecule has 7 nitrogen and oxygen atoms in total. The predicted octanol–water partition coefficient (Wildman–Crippen LogP) is 2.26. The number of nitrogens with zero attached hydrogens (tertiary/aromatic N) is 1. The van der Waals surface area contributed by atoms with Crippen molar-refractivity contribution in [3.05, 3.63) is 53.1 Å². The van der Waals surface area contributed by atoms with E-state index in [9.17, 15) is 13.2 Å². The first-order valence-corrected chi connectivity index (χ1v) is 11.3. The molecule has 8 heteroatoms. The molecule has 1 aliphatic heterocycles. The minimum atomic E-state index is -3.79. The van der Waals surface area contributed by atoms with Gasteiger partial charge in [0, 0.05) is 38.3 Å². The molecule has 0 radical (unpaired) electrons. The lowest BCUT2D eigenvalue weighted by Gasteiger charge is -2.31. The largest absolute Gasteiger partial charge is 0.367 e. The number of carbonyl (C=O) groups excluding carboxylic acids is 1. The third-order valence-corrected chi connectivity index (χ3v) is 6.45. The molecule has 0 atom stereocenters. The van der Waals surface area contributed by atoms with Crippen molar-refractivity contribution >= 4 is 27.3 Å². The fraction of sp³-hybridized carbons (Fsp3) is 0.381. The van der Waals surface area contributed by atoms with Crippen molar-refractivity contribution in [1.29, 1.82) is 0 Å². The van der Waals surface area contributed by atoms with Crippen LogP contribution in [-0.4, -0.2) is 47.0 Å². The highest BCUT2D eigenvalue weighted by Crippen LogP contribution is 2.30. The monoisotopic (exact) mass is 416 g/mol. The summed E-state index contributed by atoms with van der Waals surface area (Å²) in [5, 5.41) is 6.05. The van der Waals surface area contributed by atoms with Crippen LogP contribution in [0.1, 0.15) is 28.4 Å². The highest BCUT2D eigenvalue weighted by Gasteiger charge is 2.21. The molecule has 1 amide bonds. The number of aryl methyl sites for hydroxylation is 2. The van der Waals surface area contributed by atoms with E-state index < -0.39 is 10.0 Å². The second-order valence-corrected chi connectivity index (χ2v) is 8.86. The molecule has 0 aromatic heterocycles. The lowest BCUT2D eigenvalue weighted by Crippen LogP contribution is -2.43. The zero-order valence-electron chi connectivity index (χ0n) is 17.1. The minimum absolute atomic E-state index is 0.204. The van der Waals surface area contributed by atoms with Crippen molar-refractivity contribution in [2.45, 2.75) is 25.7 Å². The number of hydrogen-bond acceptors (Lipinski definition) is 5. The van der Waals surface area contributed by atoms with Gasteiger partial charge in [-0.25, -0.2) is 8.42 Å². The van der Waals surface area contributed by atoms with Gasteiger partial charge in [0.2, 0.25) is 0 Å². The summed E-state index contributed by atoms with van der Waals surface area (Å²) in [5.41, 5.74) is 3.54. The zero-order chi connectivity index (χ0) is 21.0. The van der Waals surface area contributed by atoms with Gasteiger partial charge >= 0.3 is 0 Å². The van der Waals surface area contributed by atoms with Gasteiger partial charge in [0.1, 0.15) is 0 Å². The van der Waals surface area contributed by atoms with Gasteiger partial charge in [0.25, 0.3) is 15.9 Å². The van der Waals surface area contributed by atoms with Crippen molar-refractivity contribution in [2.24, 2.45) is 0 Å². The number of benzene rings is 2. The number of nitrogens with one attached hydrogen (secondary N) is 3. The Labute approximate surface area is 172 Å². The second kappa shape index (κ2) is 8.84. The Bertz CT molecular complexity index is 999. The first-order chi connectivity index (χ1) is 13.8. The van der Waals surface area contributed by atoms with Crippen LogP contribution in [0, 0.1) is 13.8 Å². The van der Waals surface area contributed by atoms with Crippen molar-refractivity contribution in [3.8, 4) is 0 Å². The molecule has 3 N–H and O–H groups in total. The van der Waals surface area contributed by atoms with E-state index in [0.29, 0.717) is 17.8 Å². The van der Waals surface area contributed by atoms with E-state index in [1.807, 2.05) is 26.8 Å². The van der Waals surface area contributed by atoms with E-state index >= 15 is 0 Å². The van der Waals surface area contributed by atoms with Crippen LogP contribution in [0.5, 0.6) is 0 Å². The molecule has 1 aliphatic rings. The van der Waals surface area contributed by atoms with Gasteiger partial charge in [-0.2, -0.15) is 0 Å². The van der Waals surface area contributed by atoms with Crippen LogP contribution in [0.4, 0.5) is 11.4 Å². The van der Waals surface area contributed by atoms with Gasteiger partial charge in [0.15, 0.2) is 0 Å². The molecule has 2 aromatic carbocycles. The van der Waals surface area contributed by atoms with Crippen LogP contribution in [-0.2, 0) is 10.0 Å². The van der Waals surface area contributed by atoms with E-state index in [4.69, 9.17) is 0 Å². The van der Waals surface area contributed by atoms with Crippen LogP contribution in [0.15, 0.2) is 41.3 Å². The van der Waals surface area contributed by atoms with Crippen LogP contribution < -0.4 is 20.3 Å². The Morgan fingerprint density at radius 2 is 1.79 bits per heavy atom. The summed E-state index contributed by atoms with van der Waals surface area (Å²) in [6.45, 7) is 9.34. The lowest BCUT2D eigenvalue weighted by atomic mass is 10.1. The Morgan fingerprint density at radius 3 is 2.45 bits per heavy atom. The third kappa shape index (κ3) is 4.89. The number of hydrogen-bond donors (Lipinski definition) is 3. The average Bonchev–Trinajstić information content (AvgIpc) is 2.70. The van der Waals surface area contributed by atoms with Crippen molar-refractivity contribution in [3.63, 3.8) is 0 Å². The fourth-order valence-corrected chi connectivity index (χ4v) is 4.44. The maximum atomic E-state index is 13.1. The summed E-state index contributed by atoms with van der Waals surface area (Å²) in [6, 6.07) is 10.2. The summed E-state index contributed by atoms with van der Waals surface area (Å²) in [4.78, 5) is 14.6. The second-order valence-electron chi connectivity index (χ2n) is 7.18. The van der Waals surface area contributed by atoms with Gasteiger partial charge in [-0.3, -0.25) is 9.52 Å². The Morgan fingerprint density at radius 1 is 1.07 bits per heavy atom. The number of rotatable bonds is 6. The summed E-state index contributed by atoms with van der Waals surface area (Å²) in [6.07, 6.45) is 0. The molecule has 0 spiro atoms. The SMILES string of the molecule is CCNC(=O)c1ccc(N2CCNCC2)c(NS(=O)(=O)c2ccc(C)c(C)c2)c1. The smallest absolute Gasteiger partial charge is 0.261 e. The number of carbonyl (C=O) groups is 1. The fourth-order valence-electron chi connectivity index (χ4n) is 3.29. The predicted molar refractivity (Wildman–Crippen MR) is 116 cm³/mol. The molecule has 3 rings (SSSR count). The van der Waals surface area contributed by atoms with Crippen LogP contribution >= 0.6 is 0 Å². The summed E-state index contributed by atoms with van der Waals surface area (Å²) < 4.78 is 28.8. The van der Waals surface area contributed by atoms with E-state index in [0.717, 1.165) is 43.0 Å². The van der Waals surface area contributed by atoms with Crippen molar-refractivity contribution in [2.75, 3.05) is 42.3 Å². The summed E-state index contributed by atoms with van der Waals surface area (Å²) in [5.74, 6) is -0.231. The van der Waals surface area contributed by atoms with Gasteiger partial charge in [-0.15, -0.1) is 0 Å². The normalized spacial score (nSPS) is 14.5. The Hall–Kier alpha value is -2.58. The molecule has 0 bridgehead atoms. The van der Waals surface area contributed by atoms with Gasteiger partial charge in [-0.05, 0) is 62.2 Å². The number of anilines is 2. The summed E-state index contributed by atoms with van der Waals surface area (Å²) >= 11 is 0. The van der Waals surface area contributed by atoms with Crippen molar-refractivity contribution in [1.82, 2.24) is 10.6 Å². The molecule has 29 heavy (non-hydrogen) atoms. The van der Waals surface area contributed by atoms with E-state index in [1.165, 1.54) is 0 Å².